The summed E-state index contributed by atoms with van der Waals surface area (Å²) in [5.41, 5.74) is 5.78. The number of nitrogens with zero attached hydrogens (tertiary/aromatic N) is 1. The van der Waals surface area contributed by atoms with E-state index in [1.54, 1.807) is 0 Å². The van der Waals surface area contributed by atoms with Crippen molar-refractivity contribution in [2.24, 2.45) is 11.7 Å². The first-order valence-corrected chi connectivity index (χ1v) is 6.27. The average Bonchev–Trinajstić information content (AvgIpc) is 2.72. The topological polar surface area (TPSA) is 38.5 Å². The molecule has 3 heteroatoms. The summed E-state index contributed by atoms with van der Waals surface area (Å²) >= 11 is 0. The van der Waals surface area contributed by atoms with Gasteiger partial charge in [-0.25, -0.2) is 0 Å². The van der Waals surface area contributed by atoms with E-state index in [0.29, 0.717) is 12.0 Å². The smallest absolute Gasteiger partial charge is 0.0593 e. The fourth-order valence-corrected chi connectivity index (χ4v) is 2.49. The molecule has 0 heterocycles. The summed E-state index contributed by atoms with van der Waals surface area (Å²) < 4.78 is 5.51. The second kappa shape index (κ2) is 7.20. The lowest BCUT2D eigenvalue weighted by molar-refractivity contribution is 0.0913. The lowest BCUT2D eigenvalue weighted by atomic mass is 10.0. The van der Waals surface area contributed by atoms with Gasteiger partial charge in [-0.3, -0.25) is 0 Å². The van der Waals surface area contributed by atoms with Crippen molar-refractivity contribution in [2.45, 2.75) is 38.6 Å². The zero-order chi connectivity index (χ0) is 11.1. The molecule has 0 aromatic carbocycles. The van der Waals surface area contributed by atoms with Crippen LogP contribution >= 0.6 is 0 Å². The zero-order valence-electron chi connectivity index (χ0n) is 10.2. The van der Waals surface area contributed by atoms with Crippen molar-refractivity contribution < 1.29 is 4.74 Å². The highest BCUT2D eigenvalue weighted by molar-refractivity contribution is 4.84. The Labute approximate surface area is 94.0 Å². The Morgan fingerprint density at radius 2 is 2.13 bits per heavy atom. The van der Waals surface area contributed by atoms with Crippen LogP contribution < -0.4 is 5.73 Å². The van der Waals surface area contributed by atoms with Crippen LogP contribution in [0.4, 0.5) is 0 Å². The number of ether oxygens (including phenoxy) is 1. The minimum absolute atomic E-state index is 0.695. The summed E-state index contributed by atoms with van der Waals surface area (Å²) in [4.78, 5) is 2.43. The van der Waals surface area contributed by atoms with Crippen molar-refractivity contribution in [3.05, 3.63) is 0 Å². The predicted octanol–water partition coefficient (Wildman–Crippen LogP) is 1.47. The lowest BCUT2D eigenvalue weighted by Crippen LogP contribution is -2.39. The van der Waals surface area contributed by atoms with E-state index >= 15 is 0 Å². The Morgan fingerprint density at radius 3 is 2.80 bits per heavy atom. The highest BCUT2D eigenvalue weighted by Gasteiger charge is 2.28. The van der Waals surface area contributed by atoms with E-state index in [2.05, 4.69) is 18.9 Å². The van der Waals surface area contributed by atoms with Gasteiger partial charge in [0.2, 0.25) is 0 Å². The molecular formula is C12H26N2O. The van der Waals surface area contributed by atoms with Crippen LogP contribution in [0.5, 0.6) is 0 Å². The highest BCUT2D eigenvalue weighted by Crippen LogP contribution is 2.28. The molecule has 0 aliphatic heterocycles. The van der Waals surface area contributed by atoms with Crippen molar-refractivity contribution in [3.63, 3.8) is 0 Å². The number of hydrogen-bond acceptors (Lipinski definition) is 3. The average molecular weight is 214 g/mol. The van der Waals surface area contributed by atoms with Crippen molar-refractivity contribution >= 4 is 0 Å². The Balaban J connectivity index is 2.17. The molecule has 1 fully saturated rings. The summed E-state index contributed by atoms with van der Waals surface area (Å²) in [5, 5.41) is 0. The quantitative estimate of drug-likeness (QED) is 0.652. The molecular weight excluding hydrogens is 188 g/mol. The second-order valence-corrected chi connectivity index (χ2v) is 4.59. The summed E-state index contributed by atoms with van der Waals surface area (Å²) in [6.07, 6.45) is 5.07. The van der Waals surface area contributed by atoms with Crippen LogP contribution in [0.1, 0.15) is 32.6 Å². The van der Waals surface area contributed by atoms with E-state index in [1.807, 2.05) is 0 Å². The van der Waals surface area contributed by atoms with Crippen molar-refractivity contribution in [3.8, 4) is 0 Å². The minimum atomic E-state index is 0.695. The molecule has 0 bridgehead atoms. The maximum atomic E-state index is 5.78. The van der Waals surface area contributed by atoms with Crippen LogP contribution in [0.15, 0.2) is 0 Å². The van der Waals surface area contributed by atoms with E-state index in [1.165, 1.54) is 19.3 Å². The Kier molecular flexibility index (Phi) is 6.22. The number of likely N-dealkylation sites (N-methyl/N-ethyl adjacent to an activating group) is 1. The third-order valence-electron chi connectivity index (χ3n) is 3.42. The second-order valence-electron chi connectivity index (χ2n) is 4.59. The highest BCUT2D eigenvalue weighted by atomic mass is 16.5. The molecule has 0 radical (unpaired) electrons. The van der Waals surface area contributed by atoms with Crippen LogP contribution in [0.25, 0.3) is 0 Å². The van der Waals surface area contributed by atoms with Gasteiger partial charge in [0, 0.05) is 19.2 Å². The van der Waals surface area contributed by atoms with Gasteiger partial charge in [0.05, 0.1) is 6.61 Å². The van der Waals surface area contributed by atoms with Crippen LogP contribution in [0, 0.1) is 5.92 Å². The molecule has 1 aliphatic rings. The van der Waals surface area contributed by atoms with Gasteiger partial charge < -0.3 is 15.4 Å². The molecule has 1 saturated carbocycles. The molecule has 3 nitrogen and oxygen atoms in total. The van der Waals surface area contributed by atoms with E-state index in [9.17, 15) is 0 Å². The van der Waals surface area contributed by atoms with E-state index < -0.39 is 0 Å². The van der Waals surface area contributed by atoms with Gasteiger partial charge in [-0.1, -0.05) is 13.3 Å². The van der Waals surface area contributed by atoms with Gasteiger partial charge >= 0.3 is 0 Å². The summed E-state index contributed by atoms with van der Waals surface area (Å²) in [5.74, 6) is 0.709. The van der Waals surface area contributed by atoms with Crippen LogP contribution in [-0.4, -0.2) is 44.3 Å². The van der Waals surface area contributed by atoms with Gasteiger partial charge in [0.1, 0.15) is 0 Å². The third-order valence-corrected chi connectivity index (χ3v) is 3.42. The van der Waals surface area contributed by atoms with Gasteiger partial charge in [-0.2, -0.15) is 0 Å². The van der Waals surface area contributed by atoms with Crippen LogP contribution in [0.2, 0.25) is 0 Å². The molecule has 2 N–H and O–H groups in total. The molecule has 0 saturated heterocycles. The summed E-state index contributed by atoms with van der Waals surface area (Å²) in [7, 11) is 2.20. The fraction of sp³-hybridized carbons (Fsp3) is 1.00. The number of rotatable bonds is 7. The monoisotopic (exact) mass is 214 g/mol. The molecule has 90 valence electrons. The van der Waals surface area contributed by atoms with Crippen molar-refractivity contribution in [1.82, 2.24) is 4.90 Å². The molecule has 2 atom stereocenters. The first kappa shape index (κ1) is 12.9. The Hall–Kier alpha value is -0.120. The summed E-state index contributed by atoms with van der Waals surface area (Å²) in [6.45, 7) is 5.77. The first-order chi connectivity index (χ1) is 7.29. The maximum absolute atomic E-state index is 5.78. The molecule has 0 aromatic rings. The number of nitrogens with two attached hydrogens (primary N) is 1. The fourth-order valence-electron chi connectivity index (χ4n) is 2.49. The van der Waals surface area contributed by atoms with Crippen LogP contribution in [0.3, 0.4) is 0 Å². The van der Waals surface area contributed by atoms with Gasteiger partial charge in [0.25, 0.3) is 0 Å². The molecule has 0 aromatic heterocycles. The Morgan fingerprint density at radius 1 is 1.33 bits per heavy atom. The standard InChI is InChI=1S/C12H26N2O/c1-3-8-15-9-7-14(2)12-6-4-5-11(12)10-13/h11-12H,3-10,13H2,1-2H3. The number of hydrogen-bond donors (Lipinski definition) is 1. The lowest BCUT2D eigenvalue weighted by Gasteiger charge is -2.28. The van der Waals surface area contributed by atoms with Crippen molar-refractivity contribution in [2.75, 3.05) is 33.4 Å². The van der Waals surface area contributed by atoms with E-state index in [-0.39, 0.29) is 0 Å². The van der Waals surface area contributed by atoms with Crippen molar-refractivity contribution in [1.29, 1.82) is 0 Å². The Bertz CT molecular complexity index is 164. The van der Waals surface area contributed by atoms with E-state index in [0.717, 1.165) is 32.7 Å². The molecule has 0 amide bonds. The van der Waals surface area contributed by atoms with Gasteiger partial charge in [0.15, 0.2) is 0 Å². The minimum Gasteiger partial charge on any atom is -0.380 e. The maximum Gasteiger partial charge on any atom is 0.0593 e. The SMILES string of the molecule is CCCOCCN(C)C1CCCC1CN. The molecule has 2 unspecified atom stereocenters. The first-order valence-electron chi connectivity index (χ1n) is 6.27. The molecule has 1 aliphatic carbocycles. The summed E-state index contributed by atoms with van der Waals surface area (Å²) in [6, 6.07) is 0.695. The van der Waals surface area contributed by atoms with E-state index in [4.69, 9.17) is 10.5 Å². The normalized spacial score (nSPS) is 26.4. The van der Waals surface area contributed by atoms with Gasteiger partial charge in [-0.15, -0.1) is 0 Å². The van der Waals surface area contributed by atoms with Gasteiger partial charge in [-0.05, 0) is 38.8 Å². The predicted molar refractivity (Wildman–Crippen MR) is 63.9 cm³/mol. The van der Waals surface area contributed by atoms with Crippen LogP contribution in [-0.2, 0) is 4.74 Å². The zero-order valence-corrected chi connectivity index (χ0v) is 10.2. The molecule has 15 heavy (non-hydrogen) atoms. The molecule has 1 rings (SSSR count). The largest absolute Gasteiger partial charge is 0.380 e. The molecule has 0 spiro atoms. The third kappa shape index (κ3) is 4.09.